The number of hydrogen-bond acceptors (Lipinski definition) is 5. The maximum atomic E-state index is 14.3. The number of aromatic nitrogens is 2. The van der Waals surface area contributed by atoms with E-state index in [1.165, 1.54) is 17.2 Å². The average molecular weight is 504 g/mol. The zero-order valence-corrected chi connectivity index (χ0v) is 21.7. The summed E-state index contributed by atoms with van der Waals surface area (Å²) in [7, 11) is 2.05. The standard InChI is InChI=1S/C29H34FN5O2/c1-29(2)17-34(15-25(37)35-11-4-5-19(35)16-36)12-9-23(29)27-22-14-33(3)24-7-6-18(30)13-21(24)20-8-10-31-28(32-27)26(20)22/h6-10,13,19,36H,4-5,11-12,14-17H2,1-3H3,(H,31,32)/t19-/m0/s1. The Morgan fingerprint density at radius 1 is 1.27 bits per heavy atom. The number of nitrogens with one attached hydrogen (secondary N) is 1. The Bertz CT molecular complexity index is 1410. The molecule has 1 aromatic carbocycles. The van der Waals surface area contributed by atoms with Gasteiger partial charge in [-0.25, -0.2) is 9.37 Å². The Morgan fingerprint density at radius 2 is 2.11 bits per heavy atom. The van der Waals surface area contributed by atoms with Crippen LogP contribution in [0.2, 0.25) is 0 Å². The molecule has 0 radical (unpaired) electrons. The number of H-pyrrole nitrogens is 1. The molecule has 0 aliphatic carbocycles. The smallest absolute Gasteiger partial charge is 0.237 e. The molecule has 5 heterocycles. The molecule has 1 saturated heterocycles. The van der Waals surface area contributed by atoms with Crippen LogP contribution in [0.5, 0.6) is 0 Å². The van der Waals surface area contributed by atoms with E-state index in [-0.39, 0.29) is 29.8 Å². The van der Waals surface area contributed by atoms with E-state index in [1.807, 2.05) is 24.1 Å². The Labute approximate surface area is 216 Å². The molecule has 7 nitrogen and oxygen atoms in total. The fourth-order valence-corrected chi connectivity index (χ4v) is 6.57. The Kier molecular flexibility index (Phi) is 5.84. The van der Waals surface area contributed by atoms with Crippen LogP contribution < -0.4 is 4.90 Å². The van der Waals surface area contributed by atoms with Gasteiger partial charge in [0.2, 0.25) is 5.91 Å². The highest BCUT2D eigenvalue weighted by atomic mass is 19.1. The number of aliphatic hydroxyl groups excluding tert-OH is 1. The third-order valence-electron chi connectivity index (χ3n) is 8.29. The van der Waals surface area contributed by atoms with Crippen molar-refractivity contribution in [1.82, 2.24) is 19.8 Å². The molecule has 194 valence electrons. The van der Waals surface area contributed by atoms with Crippen molar-refractivity contribution in [2.75, 3.05) is 44.7 Å². The number of anilines is 1. The second-order valence-electron chi connectivity index (χ2n) is 11.3. The summed E-state index contributed by atoms with van der Waals surface area (Å²) in [5, 5.41) is 10.7. The molecule has 37 heavy (non-hydrogen) atoms. The summed E-state index contributed by atoms with van der Waals surface area (Å²) in [5.74, 6) is -0.150. The van der Waals surface area contributed by atoms with E-state index < -0.39 is 0 Å². The van der Waals surface area contributed by atoms with Crippen molar-refractivity contribution < 1.29 is 14.3 Å². The highest BCUT2D eigenvalue weighted by Gasteiger charge is 2.36. The predicted molar refractivity (Wildman–Crippen MR) is 144 cm³/mol. The number of likely N-dealkylation sites (tertiary alicyclic amines) is 1. The van der Waals surface area contributed by atoms with Gasteiger partial charge in [0, 0.05) is 72.7 Å². The van der Waals surface area contributed by atoms with E-state index in [4.69, 9.17) is 0 Å². The van der Waals surface area contributed by atoms with Crippen LogP contribution in [-0.2, 0) is 11.3 Å². The zero-order valence-electron chi connectivity index (χ0n) is 21.7. The summed E-state index contributed by atoms with van der Waals surface area (Å²) in [4.78, 5) is 27.5. The van der Waals surface area contributed by atoms with Crippen LogP contribution in [0, 0.1) is 11.2 Å². The molecule has 3 aromatic rings. The maximum Gasteiger partial charge on any atom is 0.237 e. The molecule has 8 heteroatoms. The lowest BCUT2D eigenvalue weighted by molar-refractivity contribution is -0.134. The van der Waals surface area contributed by atoms with Crippen molar-refractivity contribution in [1.29, 1.82) is 0 Å². The quantitative estimate of drug-likeness (QED) is 0.562. The number of amides is 1. The zero-order chi connectivity index (χ0) is 25.9. The number of fused-ring (bicyclic) bond motifs is 2. The number of carbonyl (C=O) groups is 1. The predicted octanol–water partition coefficient (Wildman–Crippen LogP) is 4.03. The summed E-state index contributed by atoms with van der Waals surface area (Å²) in [6.07, 6.45) is 5.86. The molecule has 1 fully saturated rings. The van der Waals surface area contributed by atoms with Gasteiger partial charge in [-0.3, -0.25) is 9.69 Å². The molecule has 0 saturated carbocycles. The van der Waals surface area contributed by atoms with Gasteiger partial charge < -0.3 is 19.9 Å². The fraction of sp³-hybridized carbons (Fsp3) is 0.448. The number of aliphatic hydroxyl groups is 1. The number of nitrogens with zero attached hydrogens (tertiary/aromatic N) is 4. The van der Waals surface area contributed by atoms with E-state index in [2.05, 4.69) is 39.7 Å². The molecular formula is C29H34FN5O2. The minimum atomic E-state index is -0.249. The van der Waals surface area contributed by atoms with Crippen LogP contribution in [-0.4, -0.2) is 76.7 Å². The Balaban J connectivity index is 1.35. The van der Waals surface area contributed by atoms with Crippen LogP contribution in [0.1, 0.15) is 37.9 Å². The third-order valence-corrected chi connectivity index (χ3v) is 8.29. The SMILES string of the molecule is CN1Cc2c(C3=CCN(CC(=O)N4CCC[C@H]4CO)CC3(C)C)[nH]c3nccc(c23)-c2cc(F)ccc21. The topological polar surface area (TPSA) is 75.7 Å². The average Bonchev–Trinajstić information content (AvgIpc) is 3.45. The van der Waals surface area contributed by atoms with Crippen molar-refractivity contribution in [2.24, 2.45) is 5.41 Å². The van der Waals surface area contributed by atoms with Gasteiger partial charge in [0.05, 0.1) is 19.2 Å². The van der Waals surface area contributed by atoms with Gasteiger partial charge >= 0.3 is 0 Å². The molecule has 2 N–H and O–H groups in total. The van der Waals surface area contributed by atoms with E-state index >= 15 is 0 Å². The number of carbonyl (C=O) groups excluding carboxylic acids is 1. The summed E-state index contributed by atoms with van der Waals surface area (Å²) < 4.78 is 14.3. The van der Waals surface area contributed by atoms with Gasteiger partial charge in [0.25, 0.3) is 0 Å². The number of hydrogen-bond donors (Lipinski definition) is 2. The van der Waals surface area contributed by atoms with Crippen molar-refractivity contribution in [3.05, 3.63) is 53.6 Å². The largest absolute Gasteiger partial charge is 0.394 e. The lowest BCUT2D eigenvalue weighted by Crippen LogP contribution is -2.47. The van der Waals surface area contributed by atoms with E-state index in [0.717, 1.165) is 59.5 Å². The van der Waals surface area contributed by atoms with Gasteiger partial charge in [-0.05, 0) is 48.2 Å². The molecule has 3 aliphatic heterocycles. The molecular weight excluding hydrogens is 469 g/mol. The minimum Gasteiger partial charge on any atom is -0.394 e. The first kappa shape index (κ1) is 24.1. The van der Waals surface area contributed by atoms with E-state index in [9.17, 15) is 14.3 Å². The lowest BCUT2D eigenvalue weighted by atomic mass is 9.78. The fourth-order valence-electron chi connectivity index (χ4n) is 6.57. The number of benzene rings is 1. The molecule has 2 aromatic heterocycles. The highest BCUT2D eigenvalue weighted by Crippen LogP contribution is 2.46. The summed E-state index contributed by atoms with van der Waals surface area (Å²) in [6.45, 7) is 7.68. The normalized spacial score (nSPS) is 21.2. The molecule has 0 bridgehead atoms. The minimum absolute atomic E-state index is 0.0332. The molecule has 1 amide bonds. The van der Waals surface area contributed by atoms with Crippen LogP contribution >= 0.6 is 0 Å². The van der Waals surface area contributed by atoms with Crippen molar-refractivity contribution in [2.45, 2.75) is 39.3 Å². The highest BCUT2D eigenvalue weighted by molar-refractivity contribution is 6.03. The first-order chi connectivity index (χ1) is 17.8. The molecule has 1 atom stereocenters. The molecule has 3 aliphatic rings. The van der Waals surface area contributed by atoms with E-state index in [0.29, 0.717) is 19.6 Å². The van der Waals surface area contributed by atoms with Gasteiger partial charge in [-0.15, -0.1) is 0 Å². The van der Waals surface area contributed by atoms with Gasteiger partial charge in [-0.2, -0.15) is 0 Å². The van der Waals surface area contributed by atoms with Crippen LogP contribution in [0.15, 0.2) is 36.5 Å². The van der Waals surface area contributed by atoms with Gasteiger partial charge in [-0.1, -0.05) is 19.9 Å². The third kappa shape index (κ3) is 4.03. The first-order valence-electron chi connectivity index (χ1n) is 13.1. The molecule has 6 rings (SSSR count). The van der Waals surface area contributed by atoms with Crippen LogP contribution in [0.25, 0.3) is 27.7 Å². The second kappa shape index (κ2) is 8.96. The molecule has 0 unspecified atom stereocenters. The van der Waals surface area contributed by atoms with Gasteiger partial charge in [0.15, 0.2) is 0 Å². The van der Waals surface area contributed by atoms with Crippen LogP contribution in [0.4, 0.5) is 10.1 Å². The lowest BCUT2D eigenvalue weighted by Gasteiger charge is -2.39. The summed E-state index contributed by atoms with van der Waals surface area (Å²) in [5.41, 5.74) is 6.94. The van der Waals surface area contributed by atoms with Crippen molar-refractivity contribution in [3.63, 3.8) is 0 Å². The monoisotopic (exact) mass is 503 g/mol. The number of halogens is 1. The number of pyridine rings is 1. The van der Waals surface area contributed by atoms with E-state index in [1.54, 1.807) is 12.3 Å². The number of rotatable bonds is 4. The van der Waals surface area contributed by atoms with Crippen molar-refractivity contribution >= 4 is 28.2 Å². The Hall–Kier alpha value is -3.23. The van der Waals surface area contributed by atoms with Crippen molar-refractivity contribution in [3.8, 4) is 11.1 Å². The first-order valence-corrected chi connectivity index (χ1v) is 13.1. The second-order valence-corrected chi connectivity index (χ2v) is 11.3. The summed E-state index contributed by atoms with van der Waals surface area (Å²) >= 11 is 0. The number of aromatic amines is 1. The maximum absolute atomic E-state index is 14.3. The Morgan fingerprint density at radius 3 is 2.89 bits per heavy atom. The molecule has 0 spiro atoms. The van der Waals surface area contributed by atoms with Crippen LogP contribution in [0.3, 0.4) is 0 Å². The van der Waals surface area contributed by atoms with Gasteiger partial charge in [0.1, 0.15) is 11.5 Å². The summed E-state index contributed by atoms with van der Waals surface area (Å²) in [6, 6.07) is 6.92.